The number of hydrogen-bond donors (Lipinski definition) is 0. The summed E-state index contributed by atoms with van der Waals surface area (Å²) in [6, 6.07) is 4.92. The van der Waals surface area contributed by atoms with E-state index in [1.807, 2.05) is 19.1 Å². The molecule has 0 spiro atoms. The molecule has 15 heavy (non-hydrogen) atoms. The monoisotopic (exact) mass is 201 g/mol. The molecule has 1 aromatic carbocycles. The van der Waals surface area contributed by atoms with Crippen molar-refractivity contribution in [2.24, 2.45) is 0 Å². The Morgan fingerprint density at radius 3 is 2.80 bits per heavy atom. The number of carbonyl (C=O) groups is 1. The summed E-state index contributed by atoms with van der Waals surface area (Å²) in [7, 11) is 1.32. The molecule has 0 saturated heterocycles. The molecule has 0 aliphatic heterocycles. The van der Waals surface area contributed by atoms with Gasteiger partial charge in [0, 0.05) is 5.56 Å². The number of carbonyl (C=O) groups excluding carboxylic acids is 1. The van der Waals surface area contributed by atoms with Gasteiger partial charge in [-0.25, -0.2) is 9.64 Å². The summed E-state index contributed by atoms with van der Waals surface area (Å²) in [6.07, 6.45) is 3.68. The maximum Gasteiger partial charge on any atom is 0.336 e. The molecule has 0 unspecified atom stereocenters. The van der Waals surface area contributed by atoms with E-state index >= 15 is 0 Å². The average molecular weight is 201 g/mol. The number of methoxy groups -OCH3 is 1. The molecule has 0 fully saturated rings. The molecular weight excluding hydrogens is 190 g/mol. The smallest absolute Gasteiger partial charge is 0.336 e. The first-order valence-electron chi connectivity index (χ1n) is 4.45. The molecule has 1 aromatic rings. The van der Waals surface area contributed by atoms with Crippen LogP contribution in [0.3, 0.4) is 0 Å². The van der Waals surface area contributed by atoms with Crippen LogP contribution in [0, 0.1) is 6.57 Å². The predicted octanol–water partition coefficient (Wildman–Crippen LogP) is 3.06. The van der Waals surface area contributed by atoms with E-state index in [-0.39, 0.29) is 0 Å². The molecule has 0 aliphatic carbocycles. The van der Waals surface area contributed by atoms with E-state index < -0.39 is 5.97 Å². The minimum Gasteiger partial charge on any atom is -0.465 e. The lowest BCUT2D eigenvalue weighted by Gasteiger charge is -2.02. The van der Waals surface area contributed by atoms with Crippen molar-refractivity contribution >= 4 is 17.7 Å². The molecule has 0 atom stereocenters. The van der Waals surface area contributed by atoms with Gasteiger partial charge in [0.05, 0.1) is 13.7 Å². The van der Waals surface area contributed by atoms with Gasteiger partial charge in [0.25, 0.3) is 0 Å². The van der Waals surface area contributed by atoms with Crippen molar-refractivity contribution in [1.29, 1.82) is 0 Å². The lowest BCUT2D eigenvalue weighted by atomic mass is 10.1. The quantitative estimate of drug-likeness (QED) is 0.543. The second kappa shape index (κ2) is 4.97. The van der Waals surface area contributed by atoms with Crippen molar-refractivity contribution in [1.82, 2.24) is 0 Å². The highest BCUT2D eigenvalue weighted by atomic mass is 16.5. The highest BCUT2D eigenvalue weighted by molar-refractivity contribution is 5.91. The van der Waals surface area contributed by atoms with Crippen LogP contribution in [0.25, 0.3) is 10.9 Å². The van der Waals surface area contributed by atoms with Crippen LogP contribution in [0.5, 0.6) is 0 Å². The van der Waals surface area contributed by atoms with Crippen molar-refractivity contribution in [3.8, 4) is 0 Å². The van der Waals surface area contributed by atoms with Gasteiger partial charge in [0.2, 0.25) is 0 Å². The topological polar surface area (TPSA) is 30.7 Å². The maximum absolute atomic E-state index is 11.2. The molecule has 0 aromatic heterocycles. The number of nitrogens with zero attached hydrogens (tertiary/aromatic N) is 1. The first kappa shape index (κ1) is 11.0. The van der Waals surface area contributed by atoms with Crippen LogP contribution in [0.1, 0.15) is 22.8 Å². The molecule has 0 saturated carbocycles. The molecule has 0 N–H and O–H groups in total. The summed E-state index contributed by atoms with van der Waals surface area (Å²) >= 11 is 0. The van der Waals surface area contributed by atoms with Crippen LogP contribution >= 0.6 is 0 Å². The van der Waals surface area contributed by atoms with Crippen LogP contribution in [-0.2, 0) is 4.74 Å². The highest BCUT2D eigenvalue weighted by Gasteiger charge is 2.07. The van der Waals surface area contributed by atoms with Crippen molar-refractivity contribution in [2.75, 3.05) is 7.11 Å². The standard InChI is InChI=1S/C12H11NO2/c1-4-5-9-6-7-10(12(14)15-3)8-11(9)13-2/h4-8H,1,3H3/b5-4+. The Balaban J connectivity index is 3.20. The predicted molar refractivity (Wildman–Crippen MR) is 58.8 cm³/mol. The van der Waals surface area contributed by atoms with Crippen LogP contribution < -0.4 is 0 Å². The molecule has 0 heterocycles. The fourth-order valence-corrected chi connectivity index (χ4v) is 1.21. The normalized spacial score (nSPS) is 9.93. The molecule has 76 valence electrons. The molecular formula is C12H11NO2. The number of benzene rings is 1. The van der Waals surface area contributed by atoms with E-state index in [0.29, 0.717) is 11.3 Å². The molecule has 0 aliphatic rings. The van der Waals surface area contributed by atoms with Crippen LogP contribution in [0.4, 0.5) is 5.69 Å². The SMILES string of the molecule is [C-]#[N+]c1cc(C(=O)OC)ccc1/C=C/C. The zero-order valence-corrected chi connectivity index (χ0v) is 8.65. The number of hydrogen-bond acceptors (Lipinski definition) is 2. The average Bonchev–Trinajstić information content (AvgIpc) is 2.29. The summed E-state index contributed by atoms with van der Waals surface area (Å²) in [5, 5.41) is 0. The van der Waals surface area contributed by atoms with E-state index in [2.05, 4.69) is 9.58 Å². The second-order valence-corrected chi connectivity index (χ2v) is 2.88. The summed E-state index contributed by atoms with van der Waals surface area (Å²) in [4.78, 5) is 14.6. The van der Waals surface area contributed by atoms with E-state index in [4.69, 9.17) is 6.57 Å². The van der Waals surface area contributed by atoms with E-state index in [9.17, 15) is 4.79 Å². The zero-order valence-electron chi connectivity index (χ0n) is 8.65. The molecule has 3 heteroatoms. The molecule has 0 bridgehead atoms. The molecule has 1 rings (SSSR count). The van der Waals surface area contributed by atoms with Gasteiger partial charge in [-0.2, -0.15) is 0 Å². The van der Waals surface area contributed by atoms with Crippen LogP contribution in [0.2, 0.25) is 0 Å². The van der Waals surface area contributed by atoms with Gasteiger partial charge in [0.1, 0.15) is 0 Å². The third-order valence-electron chi connectivity index (χ3n) is 1.92. The zero-order chi connectivity index (χ0) is 11.3. The number of rotatable bonds is 2. The van der Waals surface area contributed by atoms with Crippen molar-refractivity contribution < 1.29 is 9.53 Å². The summed E-state index contributed by atoms with van der Waals surface area (Å²) in [6.45, 7) is 8.87. The van der Waals surface area contributed by atoms with E-state index in [1.54, 1.807) is 12.1 Å². The molecule has 0 radical (unpaired) electrons. The second-order valence-electron chi connectivity index (χ2n) is 2.88. The van der Waals surface area contributed by atoms with Gasteiger partial charge in [-0.15, -0.1) is 0 Å². The Bertz CT molecular complexity index is 441. The minimum atomic E-state index is -0.424. The van der Waals surface area contributed by atoms with Crippen molar-refractivity contribution in [3.05, 3.63) is 46.8 Å². The van der Waals surface area contributed by atoms with Crippen LogP contribution in [-0.4, -0.2) is 13.1 Å². The highest BCUT2D eigenvalue weighted by Crippen LogP contribution is 2.22. The third-order valence-corrected chi connectivity index (χ3v) is 1.92. The van der Waals surface area contributed by atoms with Crippen molar-refractivity contribution in [3.63, 3.8) is 0 Å². The lowest BCUT2D eigenvalue weighted by molar-refractivity contribution is 0.0601. The largest absolute Gasteiger partial charge is 0.465 e. The van der Waals surface area contributed by atoms with Crippen molar-refractivity contribution in [2.45, 2.75) is 6.92 Å². The van der Waals surface area contributed by atoms with Gasteiger partial charge < -0.3 is 4.74 Å². The van der Waals surface area contributed by atoms with Gasteiger partial charge in [-0.05, 0) is 24.6 Å². The number of esters is 1. The number of ether oxygens (including phenoxy) is 1. The van der Waals surface area contributed by atoms with E-state index in [1.165, 1.54) is 13.2 Å². The first-order valence-corrected chi connectivity index (χ1v) is 4.45. The summed E-state index contributed by atoms with van der Waals surface area (Å²) in [5.74, 6) is -0.424. The molecule has 0 amide bonds. The Hall–Kier alpha value is -2.08. The Labute approximate surface area is 88.8 Å². The lowest BCUT2D eigenvalue weighted by Crippen LogP contribution is -2.00. The Morgan fingerprint density at radius 1 is 1.53 bits per heavy atom. The first-order chi connectivity index (χ1) is 7.22. The minimum absolute atomic E-state index is 0.400. The Morgan fingerprint density at radius 2 is 2.27 bits per heavy atom. The summed E-state index contributed by atoms with van der Waals surface area (Å²) < 4.78 is 4.58. The molecule has 3 nitrogen and oxygen atoms in total. The number of allylic oxidation sites excluding steroid dienone is 1. The van der Waals surface area contributed by atoms with Gasteiger partial charge in [-0.3, -0.25) is 0 Å². The van der Waals surface area contributed by atoms with Crippen LogP contribution in [0.15, 0.2) is 24.3 Å². The van der Waals surface area contributed by atoms with Gasteiger partial charge in [0.15, 0.2) is 5.69 Å². The van der Waals surface area contributed by atoms with Gasteiger partial charge in [-0.1, -0.05) is 18.2 Å². The maximum atomic E-state index is 11.2. The van der Waals surface area contributed by atoms with E-state index in [0.717, 1.165) is 5.56 Å². The fourth-order valence-electron chi connectivity index (χ4n) is 1.21. The fraction of sp³-hybridized carbons (Fsp3) is 0.167. The van der Waals surface area contributed by atoms with Gasteiger partial charge >= 0.3 is 5.97 Å². The summed E-state index contributed by atoms with van der Waals surface area (Å²) in [5.41, 5.74) is 1.66. The third kappa shape index (κ3) is 2.44. The Kier molecular flexibility index (Phi) is 3.64.